The van der Waals surface area contributed by atoms with Gasteiger partial charge in [0.1, 0.15) is 5.75 Å². The predicted molar refractivity (Wildman–Crippen MR) is 85.6 cm³/mol. The van der Waals surface area contributed by atoms with Crippen LogP contribution < -0.4 is 4.74 Å². The minimum absolute atomic E-state index is 0.173. The Hall–Kier alpha value is -1.30. The molecule has 1 rings (SSSR count). The summed E-state index contributed by atoms with van der Waals surface area (Å²) in [5, 5.41) is 7.82. The van der Waals surface area contributed by atoms with Gasteiger partial charge in [-0.3, -0.25) is 0 Å². The van der Waals surface area contributed by atoms with Crippen LogP contribution in [0.25, 0.3) is 0 Å². The topological polar surface area (TPSA) is 33.1 Å². The summed E-state index contributed by atoms with van der Waals surface area (Å²) in [6, 6.07) is 5.91. The highest BCUT2D eigenvalue weighted by Gasteiger charge is 2.30. The summed E-state index contributed by atoms with van der Waals surface area (Å²) in [6.45, 7) is 3.92. The fraction of sp³-hybridized carbons (Fsp3) is 0.438. The zero-order valence-corrected chi connectivity index (χ0v) is 14.1. The molecule has 0 fully saturated rings. The molecular weight excluding hydrogens is 359 g/mol. The van der Waals surface area contributed by atoms with Gasteiger partial charge in [-0.2, -0.15) is 0 Å². The lowest BCUT2D eigenvalue weighted by Crippen LogP contribution is -2.17. The standard InChI is InChI=1S/C16H19BrF3NO/c1-11(2)15(21)14(17)6-4-3-5-12-7-9-13(10-8-12)22-16(18,19)20/h6-11,21H,3-5H2,1-2H3/b14-6+,21-15?. The van der Waals surface area contributed by atoms with Crippen molar-refractivity contribution in [2.75, 3.05) is 0 Å². The lowest BCUT2D eigenvalue weighted by atomic mass is 10.1. The molecule has 0 atom stereocenters. The number of allylic oxidation sites excluding steroid dienone is 2. The molecule has 2 nitrogen and oxygen atoms in total. The van der Waals surface area contributed by atoms with Gasteiger partial charge < -0.3 is 10.1 Å². The Balaban J connectivity index is 2.43. The van der Waals surface area contributed by atoms with Crippen LogP contribution in [0.2, 0.25) is 0 Å². The molecule has 0 amide bonds. The van der Waals surface area contributed by atoms with Crippen molar-refractivity contribution in [2.24, 2.45) is 5.92 Å². The average molecular weight is 378 g/mol. The van der Waals surface area contributed by atoms with Gasteiger partial charge in [-0.25, -0.2) is 0 Å². The summed E-state index contributed by atoms with van der Waals surface area (Å²) in [5.41, 5.74) is 1.52. The molecule has 0 radical (unpaired) electrons. The second-order valence-electron chi connectivity index (χ2n) is 5.20. The van der Waals surface area contributed by atoms with Gasteiger partial charge in [-0.15, -0.1) is 13.2 Å². The number of hydrogen-bond donors (Lipinski definition) is 1. The Morgan fingerprint density at radius 1 is 1.27 bits per heavy atom. The maximum atomic E-state index is 12.0. The molecule has 0 bridgehead atoms. The number of hydrogen-bond acceptors (Lipinski definition) is 2. The molecule has 0 heterocycles. The first kappa shape index (κ1) is 18.7. The number of unbranched alkanes of at least 4 members (excludes halogenated alkanes) is 1. The van der Waals surface area contributed by atoms with Crippen molar-refractivity contribution in [3.05, 3.63) is 40.4 Å². The Morgan fingerprint density at radius 3 is 2.36 bits per heavy atom. The summed E-state index contributed by atoms with van der Waals surface area (Å²) in [7, 11) is 0. The van der Waals surface area contributed by atoms with E-state index in [1.54, 1.807) is 12.1 Å². The maximum Gasteiger partial charge on any atom is 0.573 e. The Morgan fingerprint density at radius 2 is 1.86 bits per heavy atom. The van der Waals surface area contributed by atoms with Crippen LogP contribution in [-0.4, -0.2) is 12.1 Å². The van der Waals surface area contributed by atoms with Crippen molar-refractivity contribution in [2.45, 2.75) is 39.5 Å². The zero-order valence-electron chi connectivity index (χ0n) is 12.5. The third kappa shape index (κ3) is 7.11. The molecular formula is C16H19BrF3NO. The van der Waals surface area contributed by atoms with Crippen LogP contribution >= 0.6 is 15.9 Å². The highest BCUT2D eigenvalue weighted by atomic mass is 79.9. The smallest absolute Gasteiger partial charge is 0.406 e. The summed E-state index contributed by atoms with van der Waals surface area (Å²) in [4.78, 5) is 0. The molecule has 122 valence electrons. The lowest BCUT2D eigenvalue weighted by Gasteiger charge is -2.09. The van der Waals surface area contributed by atoms with E-state index in [2.05, 4.69) is 20.7 Å². The molecule has 0 aliphatic rings. The Labute approximate surface area is 137 Å². The first-order valence-corrected chi connectivity index (χ1v) is 7.77. The van der Waals surface area contributed by atoms with Crippen LogP contribution in [0, 0.1) is 11.3 Å². The molecule has 0 saturated heterocycles. The van der Waals surface area contributed by atoms with Crippen molar-refractivity contribution >= 4 is 21.6 Å². The third-order valence-electron chi connectivity index (χ3n) is 2.98. The van der Waals surface area contributed by atoms with Crippen molar-refractivity contribution in [1.82, 2.24) is 0 Å². The second kappa shape index (κ2) is 8.36. The monoisotopic (exact) mass is 377 g/mol. The fourth-order valence-corrected chi connectivity index (χ4v) is 2.47. The van der Waals surface area contributed by atoms with Crippen molar-refractivity contribution in [1.29, 1.82) is 5.41 Å². The second-order valence-corrected chi connectivity index (χ2v) is 6.06. The van der Waals surface area contributed by atoms with Gasteiger partial charge >= 0.3 is 6.36 Å². The lowest BCUT2D eigenvalue weighted by molar-refractivity contribution is -0.274. The van der Waals surface area contributed by atoms with E-state index < -0.39 is 6.36 Å². The van der Waals surface area contributed by atoms with E-state index in [9.17, 15) is 13.2 Å². The molecule has 22 heavy (non-hydrogen) atoms. The number of benzene rings is 1. The van der Waals surface area contributed by atoms with Gasteiger partial charge in [-0.1, -0.05) is 32.1 Å². The van der Waals surface area contributed by atoms with Gasteiger partial charge in [0.15, 0.2) is 0 Å². The molecule has 0 aromatic heterocycles. The molecule has 0 spiro atoms. The van der Waals surface area contributed by atoms with E-state index >= 15 is 0 Å². The summed E-state index contributed by atoms with van der Waals surface area (Å²) in [6.07, 6.45) is -0.266. The van der Waals surface area contributed by atoms with Gasteiger partial charge in [-0.05, 0) is 58.8 Å². The van der Waals surface area contributed by atoms with E-state index in [0.717, 1.165) is 29.3 Å². The van der Waals surface area contributed by atoms with Crippen molar-refractivity contribution in [3.63, 3.8) is 0 Å². The number of aryl methyl sites for hydroxylation is 1. The number of rotatable bonds is 7. The number of nitrogens with one attached hydrogen (secondary N) is 1. The largest absolute Gasteiger partial charge is 0.573 e. The highest BCUT2D eigenvalue weighted by Crippen LogP contribution is 2.23. The quantitative estimate of drug-likeness (QED) is 0.468. The molecule has 0 unspecified atom stereocenters. The Kier molecular flexibility index (Phi) is 7.13. The van der Waals surface area contributed by atoms with Crippen LogP contribution in [0.4, 0.5) is 13.2 Å². The molecule has 0 aliphatic carbocycles. The summed E-state index contributed by atoms with van der Waals surface area (Å²) in [5.74, 6) is -0.0314. The first-order chi connectivity index (χ1) is 10.2. The van der Waals surface area contributed by atoms with Crippen LogP contribution in [0.5, 0.6) is 5.75 Å². The zero-order chi connectivity index (χ0) is 16.8. The Bertz CT molecular complexity index is 521. The summed E-state index contributed by atoms with van der Waals surface area (Å²) < 4.78 is 40.7. The SMILES string of the molecule is CC(C)C(=N)/C(Br)=C\CCCc1ccc(OC(F)(F)F)cc1. The number of halogens is 4. The van der Waals surface area contributed by atoms with E-state index in [-0.39, 0.29) is 11.7 Å². The van der Waals surface area contributed by atoms with E-state index in [1.165, 1.54) is 12.1 Å². The minimum Gasteiger partial charge on any atom is -0.406 e. The maximum absolute atomic E-state index is 12.0. The van der Waals surface area contributed by atoms with E-state index in [0.29, 0.717) is 5.71 Å². The molecule has 1 N–H and O–H groups in total. The average Bonchev–Trinajstić information content (AvgIpc) is 2.42. The van der Waals surface area contributed by atoms with Gasteiger partial charge in [0, 0.05) is 10.2 Å². The molecule has 6 heteroatoms. The van der Waals surface area contributed by atoms with E-state index in [1.807, 2.05) is 19.9 Å². The highest BCUT2D eigenvalue weighted by molar-refractivity contribution is 9.12. The van der Waals surface area contributed by atoms with Gasteiger partial charge in [0.25, 0.3) is 0 Å². The van der Waals surface area contributed by atoms with Gasteiger partial charge in [0.05, 0.1) is 0 Å². The molecule has 1 aromatic rings. The third-order valence-corrected chi connectivity index (χ3v) is 3.74. The number of alkyl halides is 3. The fourth-order valence-electron chi connectivity index (χ4n) is 1.78. The number of ether oxygens (including phenoxy) is 1. The minimum atomic E-state index is -4.65. The predicted octanol–water partition coefficient (Wildman–Crippen LogP) is 5.86. The van der Waals surface area contributed by atoms with Crippen LogP contribution in [-0.2, 0) is 6.42 Å². The van der Waals surface area contributed by atoms with Crippen LogP contribution in [0.15, 0.2) is 34.8 Å². The van der Waals surface area contributed by atoms with Crippen molar-refractivity contribution < 1.29 is 17.9 Å². The summed E-state index contributed by atoms with van der Waals surface area (Å²) >= 11 is 3.38. The van der Waals surface area contributed by atoms with Crippen LogP contribution in [0.1, 0.15) is 32.3 Å². The van der Waals surface area contributed by atoms with Crippen LogP contribution in [0.3, 0.4) is 0 Å². The van der Waals surface area contributed by atoms with Crippen molar-refractivity contribution in [3.8, 4) is 5.75 Å². The molecule has 1 aromatic carbocycles. The molecule has 0 aliphatic heterocycles. The van der Waals surface area contributed by atoms with Gasteiger partial charge in [0.2, 0.25) is 0 Å². The normalized spacial score (nSPS) is 12.6. The first-order valence-electron chi connectivity index (χ1n) is 6.98. The van der Waals surface area contributed by atoms with E-state index in [4.69, 9.17) is 5.41 Å². The molecule has 0 saturated carbocycles.